The average molecular weight is 281 g/mol. The summed E-state index contributed by atoms with van der Waals surface area (Å²) in [6.45, 7) is 1.89. The van der Waals surface area contributed by atoms with Crippen molar-refractivity contribution in [3.05, 3.63) is 46.9 Å². The third-order valence-electron chi connectivity index (χ3n) is 2.39. The van der Waals surface area contributed by atoms with Gasteiger partial charge in [0.15, 0.2) is 5.15 Å². The van der Waals surface area contributed by atoms with Crippen molar-refractivity contribution in [1.82, 2.24) is 10.2 Å². The van der Waals surface area contributed by atoms with E-state index < -0.39 is 11.8 Å². The second-order valence-corrected chi connectivity index (χ2v) is 3.99. The first-order valence-electron chi connectivity index (χ1n) is 5.58. The fraction of sp³-hybridized carbons (Fsp3) is 0.154. The lowest BCUT2D eigenvalue weighted by atomic mass is 10.1. The van der Waals surface area contributed by atoms with Gasteiger partial charge in [-0.05, 0) is 25.1 Å². The molecule has 0 saturated heterocycles. The van der Waals surface area contributed by atoms with Crippen LogP contribution in [0.5, 0.6) is 0 Å². The molecular weight excluding hydrogens is 271 g/mol. The molecule has 19 heavy (non-hydrogen) atoms. The van der Waals surface area contributed by atoms with Crippen LogP contribution < -0.4 is 0 Å². The van der Waals surface area contributed by atoms with Crippen molar-refractivity contribution in [1.29, 1.82) is 0 Å². The van der Waals surface area contributed by atoms with Gasteiger partial charge in [-0.3, -0.25) is 0 Å². The van der Waals surface area contributed by atoms with Gasteiger partial charge in [-0.25, -0.2) is 9.18 Å². The number of carbonyl (C=O) groups excluding carboxylic acids is 1. The second-order valence-electron chi connectivity index (χ2n) is 3.63. The number of benzene rings is 1. The Hall–Kier alpha value is -2.01. The van der Waals surface area contributed by atoms with Crippen LogP contribution in [0.15, 0.2) is 30.3 Å². The largest absolute Gasteiger partial charge is 0.462 e. The highest BCUT2D eigenvalue weighted by Crippen LogP contribution is 2.23. The number of aromatic nitrogens is 2. The van der Waals surface area contributed by atoms with Gasteiger partial charge in [0.05, 0.1) is 12.3 Å². The van der Waals surface area contributed by atoms with Crippen molar-refractivity contribution in [3.8, 4) is 11.3 Å². The fourth-order valence-electron chi connectivity index (χ4n) is 1.53. The van der Waals surface area contributed by atoms with Gasteiger partial charge in [0.2, 0.25) is 0 Å². The maximum Gasteiger partial charge on any atom is 0.341 e. The monoisotopic (exact) mass is 280 g/mol. The number of hydrogen-bond acceptors (Lipinski definition) is 4. The minimum atomic E-state index is -0.611. The molecule has 0 radical (unpaired) electrons. The summed E-state index contributed by atoms with van der Waals surface area (Å²) >= 11 is 5.79. The normalized spacial score (nSPS) is 10.3. The summed E-state index contributed by atoms with van der Waals surface area (Å²) in [5.74, 6) is -1.06. The van der Waals surface area contributed by atoms with Crippen molar-refractivity contribution >= 4 is 17.6 Å². The quantitative estimate of drug-likeness (QED) is 0.811. The molecule has 6 heteroatoms. The van der Waals surface area contributed by atoms with E-state index in [1.54, 1.807) is 25.1 Å². The number of hydrogen-bond donors (Lipinski definition) is 0. The Kier molecular flexibility index (Phi) is 4.06. The Bertz CT molecular complexity index is 619. The number of halogens is 2. The van der Waals surface area contributed by atoms with Crippen LogP contribution in [0.2, 0.25) is 5.15 Å². The zero-order valence-corrected chi connectivity index (χ0v) is 10.8. The molecule has 1 heterocycles. The molecule has 4 nitrogen and oxygen atoms in total. The highest BCUT2D eigenvalue weighted by molar-refractivity contribution is 6.32. The van der Waals surface area contributed by atoms with E-state index in [1.807, 2.05) is 0 Å². The minimum absolute atomic E-state index is 0.0665. The molecule has 0 spiro atoms. The fourth-order valence-corrected chi connectivity index (χ4v) is 1.70. The SMILES string of the molecule is CCOC(=O)c1cc(-c2ccccc2F)nnc1Cl. The van der Waals surface area contributed by atoms with Gasteiger partial charge >= 0.3 is 5.97 Å². The molecular formula is C13H10ClFN2O2. The molecule has 0 aliphatic heterocycles. The lowest BCUT2D eigenvalue weighted by Gasteiger charge is -2.06. The molecule has 0 bridgehead atoms. The molecule has 0 aliphatic carbocycles. The number of esters is 1. The summed E-state index contributed by atoms with van der Waals surface area (Å²) in [4.78, 5) is 11.7. The van der Waals surface area contributed by atoms with Gasteiger partial charge < -0.3 is 4.74 Å². The van der Waals surface area contributed by atoms with Crippen LogP contribution in [0.4, 0.5) is 4.39 Å². The molecule has 98 valence electrons. The first-order chi connectivity index (χ1) is 9.13. The molecule has 1 aromatic heterocycles. The predicted octanol–water partition coefficient (Wildman–Crippen LogP) is 3.11. The third-order valence-corrected chi connectivity index (χ3v) is 2.67. The maximum atomic E-state index is 13.6. The van der Waals surface area contributed by atoms with Gasteiger partial charge in [-0.2, -0.15) is 0 Å². The third kappa shape index (κ3) is 2.88. The lowest BCUT2D eigenvalue weighted by molar-refractivity contribution is 0.0526. The standard InChI is InChI=1S/C13H10ClFN2O2/c1-2-19-13(18)9-7-11(16-17-12(9)14)8-5-3-4-6-10(8)15/h3-7H,2H2,1H3. The molecule has 2 aromatic rings. The van der Waals surface area contributed by atoms with Gasteiger partial charge in [0.1, 0.15) is 11.4 Å². The molecule has 0 saturated carbocycles. The smallest absolute Gasteiger partial charge is 0.341 e. The highest BCUT2D eigenvalue weighted by atomic mass is 35.5. The average Bonchev–Trinajstić information content (AvgIpc) is 2.40. The Balaban J connectivity index is 2.47. The van der Waals surface area contributed by atoms with Gasteiger partial charge in [-0.15, -0.1) is 10.2 Å². The molecule has 0 amide bonds. The topological polar surface area (TPSA) is 52.1 Å². The Labute approximate surface area is 114 Å². The minimum Gasteiger partial charge on any atom is -0.462 e. The number of ether oxygens (including phenoxy) is 1. The van der Waals surface area contributed by atoms with Crippen molar-refractivity contribution in [2.24, 2.45) is 0 Å². The van der Waals surface area contributed by atoms with Crippen molar-refractivity contribution < 1.29 is 13.9 Å². The molecule has 0 aliphatic rings. The molecule has 0 N–H and O–H groups in total. The van der Waals surface area contributed by atoms with Gasteiger partial charge in [-0.1, -0.05) is 23.7 Å². The second kappa shape index (κ2) is 5.75. The van der Waals surface area contributed by atoms with Crippen LogP contribution in [-0.4, -0.2) is 22.8 Å². The Morgan fingerprint density at radius 1 is 1.37 bits per heavy atom. The van der Waals surface area contributed by atoms with Crippen LogP contribution in [0.1, 0.15) is 17.3 Å². The van der Waals surface area contributed by atoms with Crippen molar-refractivity contribution in [2.45, 2.75) is 6.92 Å². The van der Waals surface area contributed by atoms with Gasteiger partial charge in [0.25, 0.3) is 0 Å². The first-order valence-corrected chi connectivity index (χ1v) is 5.96. The summed E-state index contributed by atoms with van der Waals surface area (Å²) < 4.78 is 18.5. The highest BCUT2D eigenvalue weighted by Gasteiger charge is 2.16. The molecule has 0 unspecified atom stereocenters. The van der Waals surface area contributed by atoms with E-state index in [1.165, 1.54) is 12.1 Å². The van der Waals surface area contributed by atoms with E-state index in [9.17, 15) is 9.18 Å². The van der Waals surface area contributed by atoms with Crippen LogP contribution in [-0.2, 0) is 4.74 Å². The van der Waals surface area contributed by atoms with E-state index in [4.69, 9.17) is 16.3 Å². The summed E-state index contributed by atoms with van der Waals surface area (Å²) in [7, 11) is 0. The Morgan fingerprint density at radius 3 is 2.79 bits per heavy atom. The molecule has 1 aromatic carbocycles. The lowest BCUT2D eigenvalue weighted by Crippen LogP contribution is -2.07. The zero-order valence-electron chi connectivity index (χ0n) is 10.1. The van der Waals surface area contributed by atoms with E-state index in [-0.39, 0.29) is 28.6 Å². The van der Waals surface area contributed by atoms with E-state index in [0.29, 0.717) is 0 Å². The van der Waals surface area contributed by atoms with E-state index in [2.05, 4.69) is 10.2 Å². The van der Waals surface area contributed by atoms with Crippen LogP contribution >= 0.6 is 11.6 Å². The maximum absolute atomic E-state index is 13.6. The Morgan fingerprint density at radius 2 is 2.11 bits per heavy atom. The zero-order chi connectivity index (χ0) is 13.8. The van der Waals surface area contributed by atoms with Crippen LogP contribution in [0.25, 0.3) is 11.3 Å². The van der Waals surface area contributed by atoms with Gasteiger partial charge in [0, 0.05) is 5.56 Å². The van der Waals surface area contributed by atoms with E-state index >= 15 is 0 Å². The predicted molar refractivity (Wildman–Crippen MR) is 68.4 cm³/mol. The summed E-state index contributed by atoms with van der Waals surface area (Å²) in [5.41, 5.74) is 0.541. The number of carbonyl (C=O) groups is 1. The first kappa shape index (κ1) is 13.4. The molecule has 0 fully saturated rings. The van der Waals surface area contributed by atoms with Crippen LogP contribution in [0, 0.1) is 5.82 Å². The summed E-state index contributed by atoms with van der Waals surface area (Å²) in [6, 6.07) is 7.44. The summed E-state index contributed by atoms with van der Waals surface area (Å²) in [6.07, 6.45) is 0. The van der Waals surface area contributed by atoms with E-state index in [0.717, 1.165) is 0 Å². The molecule has 0 atom stereocenters. The van der Waals surface area contributed by atoms with Crippen LogP contribution in [0.3, 0.4) is 0 Å². The summed E-state index contributed by atoms with van der Waals surface area (Å²) in [5, 5.41) is 7.36. The van der Waals surface area contributed by atoms with Crippen molar-refractivity contribution in [2.75, 3.05) is 6.61 Å². The number of nitrogens with zero attached hydrogens (tertiary/aromatic N) is 2. The van der Waals surface area contributed by atoms with Crippen molar-refractivity contribution in [3.63, 3.8) is 0 Å². The molecule has 2 rings (SSSR count). The number of rotatable bonds is 3.